The zero-order valence-corrected chi connectivity index (χ0v) is 6.41. The maximum atomic E-state index is 2.93. The van der Waals surface area contributed by atoms with Crippen molar-refractivity contribution in [3.63, 3.8) is 0 Å². The van der Waals surface area contributed by atoms with E-state index in [0.717, 1.165) is 13.1 Å². The number of nitrogens with one attached hydrogen (secondary N) is 2. The lowest BCUT2D eigenvalue weighted by molar-refractivity contribution is 0.863. The van der Waals surface area contributed by atoms with Crippen molar-refractivity contribution in [1.29, 1.82) is 0 Å². The molecule has 0 saturated carbocycles. The molecule has 0 bridgehead atoms. The molecule has 0 saturated heterocycles. The van der Waals surface area contributed by atoms with Crippen LogP contribution in [0.25, 0.3) is 0 Å². The molecule has 52 valence electrons. The Morgan fingerprint density at radius 1 is 0.875 bits per heavy atom. The molecule has 2 N–H and O–H groups in total. The van der Waals surface area contributed by atoms with Gasteiger partial charge in [-0.05, 0) is 27.2 Å². The summed E-state index contributed by atoms with van der Waals surface area (Å²) in [6.07, 6.45) is 0. The van der Waals surface area contributed by atoms with E-state index in [9.17, 15) is 0 Å². The second-order valence-corrected chi connectivity index (χ2v) is 1.41. The van der Waals surface area contributed by atoms with E-state index in [1.165, 1.54) is 0 Å². The molecule has 0 rings (SSSR count). The average molecular weight is 118 g/mol. The predicted molar refractivity (Wildman–Crippen MR) is 39.2 cm³/mol. The summed E-state index contributed by atoms with van der Waals surface area (Å²) in [6, 6.07) is 0. The Balaban J connectivity index is 0. The third-order valence-corrected chi connectivity index (χ3v) is 0.707. The van der Waals surface area contributed by atoms with Crippen molar-refractivity contribution in [3.8, 4) is 0 Å². The number of rotatable bonds is 2. The first kappa shape index (κ1) is 10.8. The zero-order chi connectivity index (χ0) is 6.83. The molecule has 0 aromatic carbocycles. The van der Waals surface area contributed by atoms with Crippen molar-refractivity contribution < 1.29 is 0 Å². The van der Waals surface area contributed by atoms with Gasteiger partial charge in [0.15, 0.2) is 0 Å². The van der Waals surface area contributed by atoms with Crippen molar-refractivity contribution in [2.45, 2.75) is 13.8 Å². The molecule has 0 spiro atoms. The lowest BCUT2D eigenvalue weighted by Crippen LogP contribution is -2.01. The van der Waals surface area contributed by atoms with Crippen molar-refractivity contribution in [2.75, 3.05) is 27.2 Å². The first-order chi connectivity index (χ1) is 3.83. The Morgan fingerprint density at radius 2 is 1.00 bits per heavy atom. The van der Waals surface area contributed by atoms with Crippen LogP contribution in [-0.4, -0.2) is 27.2 Å². The monoisotopic (exact) mass is 118 g/mol. The van der Waals surface area contributed by atoms with Gasteiger partial charge in [0.05, 0.1) is 0 Å². The second-order valence-electron chi connectivity index (χ2n) is 1.41. The van der Waals surface area contributed by atoms with Gasteiger partial charge >= 0.3 is 0 Å². The fourth-order valence-electron chi connectivity index (χ4n) is 0. The summed E-state index contributed by atoms with van der Waals surface area (Å²) in [5.41, 5.74) is 0. The van der Waals surface area contributed by atoms with Crippen molar-refractivity contribution in [1.82, 2.24) is 10.6 Å². The van der Waals surface area contributed by atoms with Gasteiger partial charge in [-0.2, -0.15) is 0 Å². The maximum absolute atomic E-state index is 2.93. The summed E-state index contributed by atoms with van der Waals surface area (Å²) < 4.78 is 0. The van der Waals surface area contributed by atoms with E-state index in [1.807, 2.05) is 14.1 Å². The highest BCUT2D eigenvalue weighted by atomic mass is 14.8. The van der Waals surface area contributed by atoms with Gasteiger partial charge in [-0.25, -0.2) is 0 Å². The molecule has 0 heterocycles. The van der Waals surface area contributed by atoms with Gasteiger partial charge in [-0.3, -0.25) is 0 Å². The van der Waals surface area contributed by atoms with Gasteiger partial charge in [0, 0.05) is 0 Å². The minimum atomic E-state index is 1.07. The summed E-state index contributed by atoms with van der Waals surface area (Å²) in [4.78, 5) is 0. The van der Waals surface area contributed by atoms with Gasteiger partial charge < -0.3 is 10.6 Å². The third kappa shape index (κ3) is 38.9. The molecule has 0 aliphatic carbocycles. The second kappa shape index (κ2) is 15.8. The van der Waals surface area contributed by atoms with E-state index in [1.54, 1.807) is 0 Å². The van der Waals surface area contributed by atoms with Crippen molar-refractivity contribution in [2.24, 2.45) is 0 Å². The lowest BCUT2D eigenvalue weighted by Gasteiger charge is -1.76. The molecule has 0 aliphatic heterocycles. The zero-order valence-electron chi connectivity index (χ0n) is 6.41. The van der Waals surface area contributed by atoms with Crippen LogP contribution < -0.4 is 10.6 Å². The van der Waals surface area contributed by atoms with Gasteiger partial charge in [0.1, 0.15) is 0 Å². The van der Waals surface area contributed by atoms with Crippen LogP contribution in [0, 0.1) is 0 Å². The van der Waals surface area contributed by atoms with Gasteiger partial charge in [0.25, 0.3) is 0 Å². The maximum Gasteiger partial charge on any atom is -0.00804 e. The van der Waals surface area contributed by atoms with E-state index in [4.69, 9.17) is 0 Å². The Bertz CT molecular complexity index is 14.5. The smallest absolute Gasteiger partial charge is 0.00804 e. The molecular weight excluding hydrogens is 100 g/mol. The molecule has 0 atom stereocenters. The normalized spacial score (nSPS) is 7.50. The molecule has 0 aromatic heterocycles. The van der Waals surface area contributed by atoms with Crippen LogP contribution in [0.5, 0.6) is 0 Å². The highest BCUT2D eigenvalue weighted by Gasteiger charge is 1.50. The molecule has 0 radical (unpaired) electrons. The summed E-state index contributed by atoms with van der Waals surface area (Å²) in [7, 11) is 3.86. The first-order valence-electron chi connectivity index (χ1n) is 3.12. The van der Waals surface area contributed by atoms with Gasteiger partial charge in [-0.1, -0.05) is 13.8 Å². The van der Waals surface area contributed by atoms with Crippen LogP contribution in [0.3, 0.4) is 0 Å². The van der Waals surface area contributed by atoms with E-state index in [-0.39, 0.29) is 0 Å². The highest BCUT2D eigenvalue weighted by Crippen LogP contribution is 1.35. The molecule has 2 heteroatoms. The van der Waals surface area contributed by atoms with Crippen LogP contribution in [0.1, 0.15) is 13.8 Å². The standard InChI is InChI=1S/2C3H9N/c2*1-3-4-2/h2*4H,3H2,1-2H3. The van der Waals surface area contributed by atoms with Gasteiger partial charge in [0.2, 0.25) is 0 Å². The third-order valence-electron chi connectivity index (χ3n) is 0.707. The van der Waals surface area contributed by atoms with E-state index in [2.05, 4.69) is 24.5 Å². The average Bonchev–Trinajstić information content (AvgIpc) is 1.88. The SMILES string of the molecule is CCNC.CCNC. The molecule has 0 amide bonds. The Labute approximate surface area is 52.7 Å². The summed E-state index contributed by atoms with van der Waals surface area (Å²) in [5.74, 6) is 0. The molecule has 2 nitrogen and oxygen atoms in total. The fourth-order valence-corrected chi connectivity index (χ4v) is 0. The number of hydrogen-bond donors (Lipinski definition) is 2. The van der Waals surface area contributed by atoms with E-state index in [0.29, 0.717) is 0 Å². The van der Waals surface area contributed by atoms with Crippen molar-refractivity contribution in [3.05, 3.63) is 0 Å². The Kier molecular flexibility index (Phi) is 21.3. The molecule has 8 heavy (non-hydrogen) atoms. The lowest BCUT2D eigenvalue weighted by atomic mass is 10.8. The molecule has 0 aromatic rings. The Morgan fingerprint density at radius 3 is 1.00 bits per heavy atom. The summed E-state index contributed by atoms with van der Waals surface area (Å²) in [5, 5.41) is 5.86. The Hall–Kier alpha value is -0.0800. The van der Waals surface area contributed by atoms with Crippen LogP contribution in [0.2, 0.25) is 0 Å². The van der Waals surface area contributed by atoms with E-state index < -0.39 is 0 Å². The predicted octanol–water partition coefficient (Wildman–Crippen LogP) is 0.451. The van der Waals surface area contributed by atoms with Crippen molar-refractivity contribution >= 4 is 0 Å². The minimum absolute atomic E-state index is 1.07. The van der Waals surface area contributed by atoms with Crippen LogP contribution in [0.15, 0.2) is 0 Å². The largest absolute Gasteiger partial charge is 0.320 e. The summed E-state index contributed by atoms with van der Waals surface area (Å²) >= 11 is 0. The molecule has 0 unspecified atom stereocenters. The number of hydrogen-bond acceptors (Lipinski definition) is 2. The van der Waals surface area contributed by atoms with E-state index >= 15 is 0 Å². The van der Waals surface area contributed by atoms with Crippen LogP contribution >= 0.6 is 0 Å². The van der Waals surface area contributed by atoms with Crippen LogP contribution in [0.4, 0.5) is 0 Å². The first-order valence-corrected chi connectivity index (χ1v) is 3.12. The molecule has 0 fully saturated rings. The summed E-state index contributed by atoms with van der Waals surface area (Å²) in [6.45, 7) is 6.28. The molecule has 0 aliphatic rings. The fraction of sp³-hybridized carbons (Fsp3) is 1.00. The minimum Gasteiger partial charge on any atom is -0.320 e. The van der Waals surface area contributed by atoms with Gasteiger partial charge in [-0.15, -0.1) is 0 Å². The topological polar surface area (TPSA) is 24.1 Å². The molecular formula is C6H18N2. The quantitative estimate of drug-likeness (QED) is 0.550. The highest BCUT2D eigenvalue weighted by molar-refractivity contribution is 4.16. The van der Waals surface area contributed by atoms with Crippen LogP contribution in [-0.2, 0) is 0 Å².